The normalized spacial score (nSPS) is 12.4. The van der Waals surface area contributed by atoms with Crippen LogP contribution in [0.1, 0.15) is 18.4 Å². The molecule has 1 atom stereocenters. The van der Waals surface area contributed by atoms with Crippen LogP contribution in [0.4, 0.5) is 19.1 Å². The monoisotopic (exact) mass is 498 g/mol. The van der Waals surface area contributed by atoms with Gasteiger partial charge in [0, 0.05) is 23.5 Å². The van der Waals surface area contributed by atoms with Gasteiger partial charge in [-0.25, -0.2) is 9.97 Å². The summed E-state index contributed by atoms with van der Waals surface area (Å²) in [7, 11) is 1.52. The van der Waals surface area contributed by atoms with E-state index >= 15 is 0 Å². The number of aromatic nitrogens is 3. The zero-order valence-electron chi connectivity index (χ0n) is 19.2. The maximum atomic E-state index is 13.7. The van der Waals surface area contributed by atoms with E-state index in [1.807, 2.05) is 0 Å². The van der Waals surface area contributed by atoms with Gasteiger partial charge in [-0.05, 0) is 42.3 Å². The standard InChI is InChI=1S/C25H21F3N4O4/c1-14(23(34)35)15-3-5-16(6-4-15)20-21-17(11-29-24(31-21)30-13-25(26,27)28)12-32(22(20)33)18-7-9-19(36-2)10-8-18/h3-12,14H,13H2,1-2H3,(H,30,31)(H,34,35). The maximum absolute atomic E-state index is 13.7. The Balaban J connectivity index is 1.90. The number of fused-ring (bicyclic) bond motifs is 1. The molecule has 2 heterocycles. The summed E-state index contributed by atoms with van der Waals surface area (Å²) < 4.78 is 44.6. The summed E-state index contributed by atoms with van der Waals surface area (Å²) in [5, 5.41) is 11.8. The van der Waals surface area contributed by atoms with Crippen molar-refractivity contribution in [3.05, 3.63) is 76.8 Å². The van der Waals surface area contributed by atoms with Crippen LogP contribution in [-0.2, 0) is 4.79 Å². The van der Waals surface area contributed by atoms with Crippen LogP contribution in [0.2, 0.25) is 0 Å². The number of alkyl halides is 3. The Hall–Kier alpha value is -4.41. The molecule has 0 spiro atoms. The van der Waals surface area contributed by atoms with E-state index in [2.05, 4.69) is 15.3 Å². The fraction of sp³-hybridized carbons (Fsp3) is 0.200. The highest BCUT2D eigenvalue weighted by Crippen LogP contribution is 2.28. The number of pyridine rings is 1. The first-order valence-electron chi connectivity index (χ1n) is 10.8. The Morgan fingerprint density at radius 2 is 1.81 bits per heavy atom. The van der Waals surface area contributed by atoms with Crippen LogP contribution < -0.4 is 15.6 Å². The van der Waals surface area contributed by atoms with Gasteiger partial charge in [0.25, 0.3) is 5.56 Å². The number of halogens is 3. The molecule has 0 aliphatic rings. The Morgan fingerprint density at radius 3 is 2.39 bits per heavy atom. The molecule has 0 amide bonds. The van der Waals surface area contributed by atoms with Gasteiger partial charge in [0.2, 0.25) is 5.95 Å². The van der Waals surface area contributed by atoms with Gasteiger partial charge in [-0.3, -0.25) is 14.2 Å². The SMILES string of the molecule is COc1ccc(-n2cc3cnc(NCC(F)(F)F)nc3c(-c3ccc(C(C)C(=O)O)cc3)c2=O)cc1. The lowest BCUT2D eigenvalue weighted by molar-refractivity contribution is -0.138. The molecule has 11 heteroatoms. The summed E-state index contributed by atoms with van der Waals surface area (Å²) in [6, 6.07) is 13.1. The summed E-state index contributed by atoms with van der Waals surface area (Å²) in [5.74, 6) is -1.44. The third-order valence-corrected chi connectivity index (χ3v) is 5.62. The molecule has 36 heavy (non-hydrogen) atoms. The van der Waals surface area contributed by atoms with Gasteiger partial charge in [-0.1, -0.05) is 24.3 Å². The molecular weight excluding hydrogens is 477 g/mol. The molecule has 0 aliphatic heterocycles. The van der Waals surface area contributed by atoms with Crippen molar-refractivity contribution in [3.63, 3.8) is 0 Å². The van der Waals surface area contributed by atoms with Crippen molar-refractivity contribution in [2.75, 3.05) is 19.0 Å². The highest BCUT2D eigenvalue weighted by Gasteiger charge is 2.27. The maximum Gasteiger partial charge on any atom is 0.405 e. The van der Waals surface area contributed by atoms with Crippen LogP contribution >= 0.6 is 0 Å². The summed E-state index contributed by atoms with van der Waals surface area (Å²) in [6.45, 7) is 0.205. The van der Waals surface area contributed by atoms with Gasteiger partial charge >= 0.3 is 12.1 Å². The van der Waals surface area contributed by atoms with Gasteiger partial charge in [0.1, 0.15) is 12.3 Å². The fourth-order valence-electron chi connectivity index (χ4n) is 3.65. The van der Waals surface area contributed by atoms with Crippen LogP contribution in [-0.4, -0.2) is 45.4 Å². The van der Waals surface area contributed by atoms with Crippen molar-refractivity contribution >= 4 is 22.8 Å². The lowest BCUT2D eigenvalue weighted by atomic mass is 9.97. The summed E-state index contributed by atoms with van der Waals surface area (Å²) in [5.41, 5.74) is 1.31. The third kappa shape index (κ3) is 5.14. The number of nitrogens with one attached hydrogen (secondary N) is 1. The van der Waals surface area contributed by atoms with Crippen molar-refractivity contribution in [1.29, 1.82) is 0 Å². The van der Waals surface area contributed by atoms with E-state index in [0.717, 1.165) is 0 Å². The minimum Gasteiger partial charge on any atom is -0.497 e. The van der Waals surface area contributed by atoms with Crippen LogP contribution in [0.5, 0.6) is 5.75 Å². The number of hydrogen-bond acceptors (Lipinski definition) is 6. The van der Waals surface area contributed by atoms with E-state index in [4.69, 9.17) is 4.74 Å². The Kier molecular flexibility index (Phi) is 6.65. The molecule has 4 rings (SSSR count). The molecule has 0 saturated carbocycles. The lowest BCUT2D eigenvalue weighted by Gasteiger charge is -2.14. The van der Waals surface area contributed by atoms with E-state index in [-0.39, 0.29) is 17.0 Å². The number of methoxy groups -OCH3 is 1. The van der Waals surface area contributed by atoms with E-state index in [1.165, 1.54) is 31.0 Å². The minimum atomic E-state index is -4.48. The van der Waals surface area contributed by atoms with Crippen LogP contribution in [0.3, 0.4) is 0 Å². The molecule has 4 aromatic rings. The van der Waals surface area contributed by atoms with Crippen molar-refractivity contribution in [2.45, 2.75) is 19.0 Å². The topological polar surface area (TPSA) is 106 Å². The summed E-state index contributed by atoms with van der Waals surface area (Å²) in [4.78, 5) is 33.2. The lowest BCUT2D eigenvalue weighted by Crippen LogP contribution is -2.23. The largest absolute Gasteiger partial charge is 0.497 e. The predicted octanol–water partition coefficient (Wildman–Crippen LogP) is 4.62. The molecule has 8 nitrogen and oxygen atoms in total. The Bertz CT molecular complexity index is 1470. The predicted molar refractivity (Wildman–Crippen MR) is 128 cm³/mol. The molecule has 186 valence electrons. The summed E-state index contributed by atoms with van der Waals surface area (Å²) >= 11 is 0. The zero-order chi connectivity index (χ0) is 26.0. The second-order valence-corrected chi connectivity index (χ2v) is 8.03. The highest BCUT2D eigenvalue weighted by molar-refractivity contribution is 5.93. The molecule has 1 unspecified atom stereocenters. The first-order valence-corrected chi connectivity index (χ1v) is 10.8. The van der Waals surface area contributed by atoms with Gasteiger partial charge in [-0.2, -0.15) is 13.2 Å². The number of carbonyl (C=O) groups is 1. The van der Waals surface area contributed by atoms with Gasteiger partial charge in [0.05, 0.1) is 24.1 Å². The summed E-state index contributed by atoms with van der Waals surface area (Å²) in [6.07, 6.45) is -1.63. The molecule has 2 N–H and O–H groups in total. The molecule has 0 aliphatic carbocycles. The number of carboxylic acid groups (broad SMARTS) is 1. The third-order valence-electron chi connectivity index (χ3n) is 5.62. The van der Waals surface area contributed by atoms with E-state index in [0.29, 0.717) is 28.0 Å². The minimum absolute atomic E-state index is 0.135. The molecule has 2 aromatic carbocycles. The van der Waals surface area contributed by atoms with Gasteiger partial charge < -0.3 is 15.2 Å². The van der Waals surface area contributed by atoms with Crippen LogP contribution in [0.25, 0.3) is 27.7 Å². The smallest absolute Gasteiger partial charge is 0.405 e. The molecule has 0 bridgehead atoms. The van der Waals surface area contributed by atoms with Crippen molar-refractivity contribution in [2.24, 2.45) is 0 Å². The molecular formula is C25H21F3N4O4. The average Bonchev–Trinajstić information content (AvgIpc) is 2.86. The fourth-order valence-corrected chi connectivity index (χ4v) is 3.65. The highest BCUT2D eigenvalue weighted by atomic mass is 19.4. The van der Waals surface area contributed by atoms with Crippen molar-refractivity contribution in [1.82, 2.24) is 14.5 Å². The molecule has 0 saturated heterocycles. The number of rotatable bonds is 7. The number of aliphatic carboxylic acids is 1. The van der Waals surface area contributed by atoms with Gasteiger partial charge in [-0.15, -0.1) is 0 Å². The zero-order valence-corrected chi connectivity index (χ0v) is 19.2. The molecule has 2 aromatic heterocycles. The number of carboxylic acids is 1. The number of nitrogens with zero attached hydrogens (tertiary/aromatic N) is 3. The van der Waals surface area contributed by atoms with Crippen molar-refractivity contribution in [3.8, 4) is 22.6 Å². The molecule has 0 fully saturated rings. The second-order valence-electron chi connectivity index (χ2n) is 8.03. The second kappa shape index (κ2) is 9.68. The van der Waals surface area contributed by atoms with Gasteiger partial charge in [0.15, 0.2) is 0 Å². The Labute approximate surface area is 203 Å². The van der Waals surface area contributed by atoms with Crippen LogP contribution in [0.15, 0.2) is 65.7 Å². The number of anilines is 1. The van der Waals surface area contributed by atoms with E-state index < -0.39 is 30.2 Å². The number of ether oxygens (including phenoxy) is 1. The molecule has 0 radical (unpaired) electrons. The quantitative estimate of drug-likeness (QED) is 0.383. The average molecular weight is 498 g/mol. The van der Waals surface area contributed by atoms with Crippen LogP contribution in [0, 0.1) is 0 Å². The van der Waals surface area contributed by atoms with Crippen molar-refractivity contribution < 1.29 is 27.8 Å². The first kappa shape index (κ1) is 24.7. The van der Waals surface area contributed by atoms with E-state index in [9.17, 15) is 27.9 Å². The number of benzene rings is 2. The first-order chi connectivity index (χ1) is 17.1. The Morgan fingerprint density at radius 1 is 1.14 bits per heavy atom. The number of hydrogen-bond donors (Lipinski definition) is 2. The van der Waals surface area contributed by atoms with E-state index in [1.54, 1.807) is 48.5 Å².